The van der Waals surface area contributed by atoms with Crippen molar-refractivity contribution in [2.45, 2.75) is 25.3 Å². The van der Waals surface area contributed by atoms with E-state index in [2.05, 4.69) is 30.1 Å². The summed E-state index contributed by atoms with van der Waals surface area (Å²) < 4.78 is 6.73. The number of carbonyl (C=O) groups is 1. The smallest absolute Gasteiger partial charge is 0.356 e. The largest absolute Gasteiger partial charge is 0.464 e. The maximum atomic E-state index is 11.8. The van der Waals surface area contributed by atoms with Crippen LogP contribution in [0.1, 0.15) is 46.9 Å². The molecule has 2 unspecified atom stereocenters. The Morgan fingerprint density at radius 3 is 2.84 bits per heavy atom. The molecule has 4 heteroatoms. The van der Waals surface area contributed by atoms with E-state index in [0.29, 0.717) is 11.6 Å². The van der Waals surface area contributed by atoms with E-state index in [9.17, 15) is 4.79 Å². The predicted octanol–water partition coefficient (Wildman–Crippen LogP) is 2.77. The Balaban J connectivity index is 2.06. The summed E-state index contributed by atoms with van der Waals surface area (Å²) in [5, 5.41) is 0. The Kier molecular flexibility index (Phi) is 2.85. The zero-order chi connectivity index (χ0) is 13.4. The van der Waals surface area contributed by atoms with Gasteiger partial charge in [-0.25, -0.2) is 9.78 Å². The predicted molar refractivity (Wildman–Crippen MR) is 71.2 cm³/mol. The van der Waals surface area contributed by atoms with Crippen molar-refractivity contribution in [1.82, 2.24) is 9.55 Å². The zero-order valence-electron chi connectivity index (χ0n) is 11.0. The summed E-state index contributed by atoms with van der Waals surface area (Å²) in [4.78, 5) is 15.9. The van der Waals surface area contributed by atoms with Crippen LogP contribution in [0.4, 0.5) is 0 Å². The number of ether oxygens (including phenoxy) is 1. The van der Waals surface area contributed by atoms with Gasteiger partial charge >= 0.3 is 5.97 Å². The molecular weight excluding hydrogens is 240 g/mol. The minimum absolute atomic E-state index is 0.169. The van der Waals surface area contributed by atoms with Gasteiger partial charge in [0.25, 0.3) is 0 Å². The molecule has 1 heterocycles. The molecular formula is C15H16N2O2. The highest BCUT2D eigenvalue weighted by Crippen LogP contribution is 2.42. The van der Waals surface area contributed by atoms with Gasteiger partial charge in [0.15, 0.2) is 0 Å². The Labute approximate surface area is 112 Å². The summed E-state index contributed by atoms with van der Waals surface area (Å²) in [5.41, 5.74) is 3.14. The van der Waals surface area contributed by atoms with Crippen LogP contribution in [0.2, 0.25) is 0 Å². The third kappa shape index (κ3) is 1.84. The lowest BCUT2D eigenvalue weighted by atomic mass is 10.0. The minimum atomic E-state index is -0.338. The summed E-state index contributed by atoms with van der Waals surface area (Å²) in [5.74, 6) is 0.156. The second kappa shape index (κ2) is 4.53. The first-order chi connectivity index (χ1) is 9.22. The molecule has 0 saturated heterocycles. The Hall–Kier alpha value is -2.10. The molecule has 2 atom stereocenters. The molecule has 0 amide bonds. The minimum Gasteiger partial charge on any atom is -0.464 e. The fourth-order valence-corrected chi connectivity index (χ4v) is 2.93. The molecule has 1 aromatic carbocycles. The molecule has 0 spiro atoms. The summed E-state index contributed by atoms with van der Waals surface area (Å²) in [7, 11) is 1.39. The Morgan fingerprint density at radius 2 is 2.11 bits per heavy atom. The average molecular weight is 256 g/mol. The monoisotopic (exact) mass is 256 g/mol. The molecule has 19 heavy (non-hydrogen) atoms. The molecule has 2 aromatic rings. The van der Waals surface area contributed by atoms with Crippen molar-refractivity contribution in [2.24, 2.45) is 0 Å². The van der Waals surface area contributed by atoms with Crippen molar-refractivity contribution in [3.63, 3.8) is 0 Å². The molecule has 4 nitrogen and oxygen atoms in total. The van der Waals surface area contributed by atoms with Crippen molar-refractivity contribution >= 4 is 5.97 Å². The van der Waals surface area contributed by atoms with Crippen LogP contribution in [0.5, 0.6) is 0 Å². The molecule has 3 rings (SSSR count). The molecule has 1 aromatic heterocycles. The van der Waals surface area contributed by atoms with Gasteiger partial charge in [-0.1, -0.05) is 31.2 Å². The lowest BCUT2D eigenvalue weighted by Crippen LogP contribution is -2.14. The van der Waals surface area contributed by atoms with Crippen LogP contribution >= 0.6 is 0 Å². The van der Waals surface area contributed by atoms with Crippen LogP contribution in [-0.4, -0.2) is 22.6 Å². The van der Waals surface area contributed by atoms with Crippen molar-refractivity contribution < 1.29 is 9.53 Å². The lowest BCUT2D eigenvalue weighted by Gasteiger charge is -2.16. The number of benzene rings is 1. The van der Waals surface area contributed by atoms with E-state index in [-0.39, 0.29) is 12.0 Å². The van der Waals surface area contributed by atoms with Crippen LogP contribution in [0.25, 0.3) is 0 Å². The maximum Gasteiger partial charge on any atom is 0.356 e. The zero-order valence-corrected chi connectivity index (χ0v) is 11.0. The third-order valence-electron chi connectivity index (χ3n) is 3.86. The molecule has 0 saturated carbocycles. The van der Waals surface area contributed by atoms with Gasteiger partial charge in [-0.15, -0.1) is 0 Å². The summed E-state index contributed by atoms with van der Waals surface area (Å²) in [6.45, 7) is 2.22. The molecule has 1 aliphatic carbocycles. The highest BCUT2D eigenvalue weighted by atomic mass is 16.5. The quantitative estimate of drug-likeness (QED) is 0.776. The maximum absolute atomic E-state index is 11.8. The number of nitrogens with zero attached hydrogens (tertiary/aromatic N) is 2. The second-order valence-corrected chi connectivity index (χ2v) is 4.96. The fourth-order valence-electron chi connectivity index (χ4n) is 2.93. The molecule has 0 bridgehead atoms. The molecule has 0 aliphatic heterocycles. The fraction of sp³-hybridized carbons (Fsp3) is 0.333. The lowest BCUT2D eigenvalue weighted by molar-refractivity contribution is 0.0587. The molecule has 0 fully saturated rings. The average Bonchev–Trinajstić information content (AvgIpc) is 3.03. The first kappa shape index (κ1) is 12.0. The van der Waals surface area contributed by atoms with Crippen molar-refractivity contribution in [3.05, 3.63) is 53.6 Å². The van der Waals surface area contributed by atoms with Gasteiger partial charge in [0.2, 0.25) is 0 Å². The van der Waals surface area contributed by atoms with Crippen LogP contribution < -0.4 is 0 Å². The van der Waals surface area contributed by atoms with Crippen molar-refractivity contribution in [1.29, 1.82) is 0 Å². The first-order valence-corrected chi connectivity index (χ1v) is 6.41. The van der Waals surface area contributed by atoms with Crippen LogP contribution in [-0.2, 0) is 4.74 Å². The number of carbonyl (C=O) groups excluding carboxylic acids is 1. The van der Waals surface area contributed by atoms with E-state index in [0.717, 1.165) is 6.42 Å². The number of fused-ring (bicyclic) bond motifs is 1. The van der Waals surface area contributed by atoms with Crippen molar-refractivity contribution in [3.8, 4) is 0 Å². The summed E-state index contributed by atoms with van der Waals surface area (Å²) in [6, 6.07) is 8.56. The molecule has 0 N–H and O–H groups in total. The topological polar surface area (TPSA) is 44.1 Å². The van der Waals surface area contributed by atoms with Crippen LogP contribution in [0.15, 0.2) is 36.8 Å². The number of methoxy groups -OCH3 is 1. The number of imidazole rings is 1. The highest BCUT2D eigenvalue weighted by molar-refractivity contribution is 5.87. The molecule has 0 radical (unpaired) electrons. The van der Waals surface area contributed by atoms with E-state index in [1.54, 1.807) is 12.5 Å². The van der Waals surface area contributed by atoms with Gasteiger partial charge in [0.1, 0.15) is 5.69 Å². The van der Waals surface area contributed by atoms with E-state index in [4.69, 9.17) is 4.74 Å². The summed E-state index contributed by atoms with van der Waals surface area (Å²) in [6.07, 6.45) is 4.27. The molecule has 1 aliphatic rings. The normalized spacial score (nSPS) is 21.2. The Morgan fingerprint density at radius 1 is 1.37 bits per heavy atom. The number of esters is 1. The third-order valence-corrected chi connectivity index (χ3v) is 3.86. The number of hydrogen-bond acceptors (Lipinski definition) is 3. The van der Waals surface area contributed by atoms with Gasteiger partial charge in [-0.2, -0.15) is 0 Å². The van der Waals surface area contributed by atoms with Crippen LogP contribution in [0, 0.1) is 0 Å². The first-order valence-electron chi connectivity index (χ1n) is 6.41. The van der Waals surface area contributed by atoms with Gasteiger partial charge in [-0.3, -0.25) is 0 Å². The van der Waals surface area contributed by atoms with E-state index >= 15 is 0 Å². The summed E-state index contributed by atoms with van der Waals surface area (Å²) >= 11 is 0. The highest BCUT2D eigenvalue weighted by Gasteiger charge is 2.31. The van der Waals surface area contributed by atoms with Crippen molar-refractivity contribution in [2.75, 3.05) is 7.11 Å². The number of hydrogen-bond donors (Lipinski definition) is 0. The number of aromatic nitrogens is 2. The SMILES string of the molecule is COC(=O)c1cncn1C1CC(C)c2ccccc21. The van der Waals surface area contributed by atoms with E-state index in [1.807, 2.05) is 10.6 Å². The standard InChI is InChI=1S/C15H16N2O2/c1-10-7-13(12-6-4-3-5-11(10)12)17-9-16-8-14(17)15(18)19-2/h3-6,8-10,13H,7H2,1-2H3. The van der Waals surface area contributed by atoms with Gasteiger partial charge in [0.05, 0.1) is 25.7 Å². The van der Waals surface area contributed by atoms with E-state index < -0.39 is 0 Å². The van der Waals surface area contributed by atoms with Gasteiger partial charge in [-0.05, 0) is 23.5 Å². The number of rotatable bonds is 2. The second-order valence-electron chi connectivity index (χ2n) is 4.96. The van der Waals surface area contributed by atoms with Gasteiger partial charge < -0.3 is 9.30 Å². The van der Waals surface area contributed by atoms with E-state index in [1.165, 1.54) is 18.2 Å². The Bertz CT molecular complexity index is 618. The van der Waals surface area contributed by atoms with Gasteiger partial charge in [0, 0.05) is 0 Å². The molecule has 98 valence electrons. The van der Waals surface area contributed by atoms with Crippen LogP contribution in [0.3, 0.4) is 0 Å².